The van der Waals surface area contributed by atoms with E-state index in [0.717, 1.165) is 75.0 Å². The van der Waals surface area contributed by atoms with E-state index in [9.17, 15) is 4.79 Å². The molecule has 7 nitrogen and oxygen atoms in total. The van der Waals surface area contributed by atoms with Crippen molar-refractivity contribution in [2.45, 2.75) is 87.0 Å². The number of nitrogens with zero attached hydrogens (tertiary/aromatic N) is 4. The van der Waals surface area contributed by atoms with Crippen molar-refractivity contribution < 1.29 is 14.1 Å². The molecule has 214 valence electrons. The molecule has 0 bridgehead atoms. The number of allylic oxidation sites excluding steroid dienone is 2. The van der Waals surface area contributed by atoms with Crippen molar-refractivity contribution in [3.05, 3.63) is 45.9 Å². The van der Waals surface area contributed by atoms with E-state index in [1.165, 1.54) is 22.3 Å². The Morgan fingerprint density at radius 1 is 1.18 bits per heavy atom. The highest BCUT2D eigenvalue weighted by molar-refractivity contribution is 6.09. The van der Waals surface area contributed by atoms with E-state index in [4.69, 9.17) is 14.2 Å². The summed E-state index contributed by atoms with van der Waals surface area (Å²) in [7, 11) is 1.80. The highest BCUT2D eigenvalue weighted by Crippen LogP contribution is 2.27. The van der Waals surface area contributed by atoms with Gasteiger partial charge < -0.3 is 14.2 Å². The van der Waals surface area contributed by atoms with E-state index in [0.29, 0.717) is 24.2 Å². The van der Waals surface area contributed by atoms with Gasteiger partial charge in [0.2, 0.25) is 5.82 Å². The Labute approximate surface area is 235 Å². The van der Waals surface area contributed by atoms with Gasteiger partial charge in [0.25, 0.3) is 5.89 Å². The number of hydrogen-bond acceptors (Lipinski definition) is 7. The van der Waals surface area contributed by atoms with Gasteiger partial charge in [-0.2, -0.15) is 4.98 Å². The molecule has 3 rings (SSSR count). The molecule has 0 spiro atoms. The molecule has 7 heteroatoms. The lowest BCUT2D eigenvalue weighted by atomic mass is 9.93. The van der Waals surface area contributed by atoms with E-state index in [-0.39, 0.29) is 11.9 Å². The molecule has 1 aromatic carbocycles. The molecule has 0 radical (unpaired) electrons. The summed E-state index contributed by atoms with van der Waals surface area (Å²) in [4.78, 5) is 23.8. The molecule has 1 fully saturated rings. The standard InChI is InChI=1S/C32H48N4O3/c1-9-11-26(18-21(3)4)24(7)29(33-8)31-34-30(35-39-31)27-19-22(5)28(23(6)20-27)14-17-36-15-12-25(13-16-36)32(37)38-10-2/h19-21,25H,9-18H2,1-8H3/b26-24+,33-29?. The zero-order valence-electron chi connectivity index (χ0n) is 25.4. The molecule has 1 saturated heterocycles. The van der Waals surface area contributed by atoms with E-state index >= 15 is 0 Å². The van der Waals surface area contributed by atoms with Gasteiger partial charge in [0.05, 0.1) is 12.5 Å². The monoisotopic (exact) mass is 536 g/mol. The van der Waals surface area contributed by atoms with Gasteiger partial charge in [-0.1, -0.05) is 37.9 Å². The normalized spacial score (nSPS) is 16.1. The quantitative estimate of drug-likeness (QED) is 0.220. The molecule has 0 N–H and O–H groups in total. The third-order valence-corrected chi connectivity index (χ3v) is 7.78. The number of aliphatic imine (C=N–C) groups is 1. The summed E-state index contributed by atoms with van der Waals surface area (Å²) in [6.45, 7) is 18.4. The number of piperidine rings is 1. The van der Waals surface area contributed by atoms with Gasteiger partial charge in [0.1, 0.15) is 5.71 Å². The van der Waals surface area contributed by atoms with Crippen LogP contribution in [0.25, 0.3) is 11.4 Å². The summed E-state index contributed by atoms with van der Waals surface area (Å²) in [5.41, 5.74) is 8.15. The number of rotatable bonds is 12. The van der Waals surface area contributed by atoms with Crippen LogP contribution >= 0.6 is 0 Å². The zero-order chi connectivity index (χ0) is 28.5. The Balaban J connectivity index is 1.71. The summed E-state index contributed by atoms with van der Waals surface area (Å²) < 4.78 is 10.9. The number of aryl methyl sites for hydroxylation is 2. The number of hydrogen-bond donors (Lipinski definition) is 0. The van der Waals surface area contributed by atoms with E-state index in [1.54, 1.807) is 7.05 Å². The molecule has 1 aliphatic heterocycles. The minimum absolute atomic E-state index is 0.0375. The number of carbonyl (C=O) groups excluding carboxylic acids is 1. The first-order chi connectivity index (χ1) is 18.7. The summed E-state index contributed by atoms with van der Waals surface area (Å²) in [5.74, 6) is 1.67. The lowest BCUT2D eigenvalue weighted by Gasteiger charge is -2.31. The predicted molar refractivity (Wildman–Crippen MR) is 158 cm³/mol. The fourth-order valence-corrected chi connectivity index (χ4v) is 5.70. The van der Waals surface area contributed by atoms with Crippen molar-refractivity contribution in [2.75, 3.05) is 33.3 Å². The molecule has 39 heavy (non-hydrogen) atoms. The van der Waals surface area contributed by atoms with Crippen LogP contribution in [0.4, 0.5) is 0 Å². The SMILES string of the molecule is CCC/C(CC(C)C)=C(/C)C(=NC)c1nc(-c2cc(C)c(CCN3CCC(C(=O)OCC)CC3)c(C)c2)no1. The largest absolute Gasteiger partial charge is 0.466 e. The lowest BCUT2D eigenvalue weighted by molar-refractivity contribution is -0.149. The third-order valence-electron chi connectivity index (χ3n) is 7.78. The van der Waals surface area contributed by atoms with Crippen LogP contribution in [0.1, 0.15) is 89.3 Å². The topological polar surface area (TPSA) is 80.8 Å². The average molecular weight is 537 g/mol. The molecular weight excluding hydrogens is 488 g/mol. The maximum atomic E-state index is 12.0. The maximum absolute atomic E-state index is 12.0. The van der Waals surface area contributed by atoms with Crippen molar-refractivity contribution in [3.63, 3.8) is 0 Å². The van der Waals surface area contributed by atoms with Crippen LogP contribution in [0.3, 0.4) is 0 Å². The summed E-state index contributed by atoms with van der Waals surface area (Å²) in [6.07, 6.45) is 5.93. The van der Waals surface area contributed by atoms with Crippen molar-refractivity contribution >= 4 is 11.7 Å². The first-order valence-electron chi connectivity index (χ1n) is 14.7. The van der Waals surface area contributed by atoms with Gasteiger partial charge in [0.15, 0.2) is 0 Å². The van der Waals surface area contributed by atoms with Crippen LogP contribution in [0.5, 0.6) is 0 Å². The number of aromatic nitrogens is 2. The Morgan fingerprint density at radius 2 is 1.85 bits per heavy atom. The fraction of sp³-hybridized carbons (Fsp3) is 0.625. The third kappa shape index (κ3) is 8.10. The summed E-state index contributed by atoms with van der Waals surface area (Å²) in [5, 5.41) is 4.33. The van der Waals surface area contributed by atoms with Crippen LogP contribution in [-0.2, 0) is 16.0 Å². The molecule has 0 atom stereocenters. The van der Waals surface area contributed by atoms with Crippen LogP contribution in [0, 0.1) is 25.7 Å². The van der Waals surface area contributed by atoms with Crippen LogP contribution in [0.2, 0.25) is 0 Å². The maximum Gasteiger partial charge on any atom is 0.309 e. The smallest absolute Gasteiger partial charge is 0.309 e. The first kappa shape index (κ1) is 30.7. The van der Waals surface area contributed by atoms with Gasteiger partial charge >= 0.3 is 5.97 Å². The van der Waals surface area contributed by atoms with Crippen molar-refractivity contribution in [3.8, 4) is 11.4 Å². The molecule has 2 heterocycles. The Bertz CT molecular complexity index is 1150. The average Bonchev–Trinajstić information content (AvgIpc) is 3.38. The Kier molecular flexibility index (Phi) is 11.5. The van der Waals surface area contributed by atoms with E-state index in [1.807, 2.05) is 6.92 Å². The molecule has 0 unspecified atom stereocenters. The van der Waals surface area contributed by atoms with Gasteiger partial charge in [-0.15, -0.1) is 0 Å². The minimum Gasteiger partial charge on any atom is -0.466 e. The summed E-state index contributed by atoms with van der Waals surface area (Å²) >= 11 is 0. The number of esters is 1. The van der Waals surface area contributed by atoms with Gasteiger partial charge in [-0.25, -0.2) is 0 Å². The molecule has 2 aromatic rings. The fourth-order valence-electron chi connectivity index (χ4n) is 5.70. The van der Waals surface area contributed by atoms with Crippen LogP contribution in [0.15, 0.2) is 32.8 Å². The second-order valence-corrected chi connectivity index (χ2v) is 11.3. The number of ether oxygens (including phenoxy) is 1. The van der Waals surface area contributed by atoms with Gasteiger partial charge in [-0.05, 0) is 113 Å². The van der Waals surface area contributed by atoms with Crippen LogP contribution < -0.4 is 0 Å². The second-order valence-electron chi connectivity index (χ2n) is 11.3. The molecule has 1 aliphatic rings. The van der Waals surface area contributed by atoms with E-state index in [2.05, 4.69) is 68.7 Å². The number of likely N-dealkylation sites (tertiary alicyclic amines) is 1. The Hall–Kier alpha value is -2.80. The first-order valence-corrected chi connectivity index (χ1v) is 14.7. The zero-order valence-corrected chi connectivity index (χ0v) is 25.4. The molecule has 1 aromatic heterocycles. The van der Waals surface area contributed by atoms with Gasteiger partial charge in [0, 0.05) is 19.2 Å². The number of benzene rings is 1. The van der Waals surface area contributed by atoms with Crippen molar-refractivity contribution in [1.82, 2.24) is 15.0 Å². The number of carbonyl (C=O) groups is 1. The summed E-state index contributed by atoms with van der Waals surface area (Å²) in [6, 6.07) is 4.33. The molecule has 0 saturated carbocycles. The van der Waals surface area contributed by atoms with Crippen LogP contribution in [-0.4, -0.2) is 60.0 Å². The highest BCUT2D eigenvalue weighted by atomic mass is 16.5. The van der Waals surface area contributed by atoms with Gasteiger partial charge in [-0.3, -0.25) is 9.79 Å². The van der Waals surface area contributed by atoms with Crippen molar-refractivity contribution in [1.29, 1.82) is 0 Å². The molecule has 0 amide bonds. The van der Waals surface area contributed by atoms with E-state index < -0.39 is 0 Å². The van der Waals surface area contributed by atoms with Crippen molar-refractivity contribution in [2.24, 2.45) is 16.8 Å². The predicted octanol–water partition coefficient (Wildman–Crippen LogP) is 6.75. The highest BCUT2D eigenvalue weighted by Gasteiger charge is 2.26. The molecular formula is C32H48N4O3. The Morgan fingerprint density at radius 3 is 2.41 bits per heavy atom. The second kappa shape index (κ2) is 14.5. The minimum atomic E-state index is -0.0375. The molecule has 0 aliphatic carbocycles. The lowest BCUT2D eigenvalue weighted by Crippen LogP contribution is -2.38.